The highest BCUT2D eigenvalue weighted by molar-refractivity contribution is 7.92. The molecule has 0 saturated heterocycles. The van der Waals surface area contributed by atoms with Gasteiger partial charge in [0.25, 0.3) is 0 Å². The SMILES string of the molecule is CC[C@](C)(COc1cc2c(cc1C(F)(F)F)N(c1ccc(F)cc1)C[C@@H](CCC(C)(F)F)[C@@H](F)S2(=O)=O)C(=O)O. The molecule has 6 nitrogen and oxygen atoms in total. The lowest BCUT2D eigenvalue weighted by atomic mass is 9.89. The monoisotopic (exact) mass is 599 g/mol. The highest BCUT2D eigenvalue weighted by Gasteiger charge is 2.46. The molecule has 0 fully saturated rings. The number of sulfone groups is 1. The van der Waals surface area contributed by atoms with Gasteiger partial charge in [0.05, 0.1) is 21.6 Å². The maximum atomic E-state index is 15.6. The van der Waals surface area contributed by atoms with Crippen molar-refractivity contribution in [2.75, 3.05) is 18.1 Å². The molecule has 0 spiro atoms. The maximum Gasteiger partial charge on any atom is 0.420 e. The van der Waals surface area contributed by atoms with Gasteiger partial charge in [0, 0.05) is 30.6 Å². The van der Waals surface area contributed by atoms with Crippen LogP contribution in [0.2, 0.25) is 0 Å². The fraction of sp³-hybridized carbons (Fsp3) is 0.500. The molecule has 0 aliphatic carbocycles. The number of hydrogen-bond donors (Lipinski definition) is 1. The molecule has 0 amide bonds. The molecule has 2 aromatic rings. The third kappa shape index (κ3) is 6.64. The smallest absolute Gasteiger partial charge is 0.420 e. The molecule has 14 heteroatoms. The summed E-state index contributed by atoms with van der Waals surface area (Å²) in [5, 5.41) is 9.47. The number of benzene rings is 2. The minimum atomic E-state index is -5.13. The van der Waals surface area contributed by atoms with Gasteiger partial charge in [-0.15, -0.1) is 0 Å². The predicted octanol–water partition coefficient (Wildman–Crippen LogP) is 7.00. The van der Waals surface area contributed by atoms with Crippen LogP contribution < -0.4 is 9.64 Å². The summed E-state index contributed by atoms with van der Waals surface area (Å²) in [6, 6.07) is 5.08. The van der Waals surface area contributed by atoms with Crippen LogP contribution in [0.4, 0.5) is 42.1 Å². The van der Waals surface area contributed by atoms with Crippen LogP contribution in [0.1, 0.15) is 45.6 Å². The van der Waals surface area contributed by atoms with E-state index in [1.807, 2.05) is 0 Å². The van der Waals surface area contributed by atoms with Gasteiger partial charge in [0.15, 0.2) is 0 Å². The van der Waals surface area contributed by atoms with Gasteiger partial charge < -0.3 is 14.7 Å². The van der Waals surface area contributed by atoms with Crippen molar-refractivity contribution in [3.63, 3.8) is 0 Å². The first-order valence-corrected chi connectivity index (χ1v) is 13.7. The summed E-state index contributed by atoms with van der Waals surface area (Å²) < 4.78 is 131. The van der Waals surface area contributed by atoms with Gasteiger partial charge in [0.1, 0.15) is 18.2 Å². The molecule has 3 atom stereocenters. The zero-order chi connectivity index (χ0) is 30.3. The van der Waals surface area contributed by atoms with Gasteiger partial charge in [-0.2, -0.15) is 13.2 Å². The Balaban J connectivity index is 2.26. The molecule has 0 unspecified atom stereocenters. The molecule has 222 valence electrons. The first-order valence-electron chi connectivity index (χ1n) is 12.2. The minimum Gasteiger partial charge on any atom is -0.492 e. The Morgan fingerprint density at radius 3 is 2.20 bits per heavy atom. The van der Waals surface area contributed by atoms with E-state index in [0.29, 0.717) is 19.1 Å². The molecule has 0 bridgehead atoms. The standard InChI is InChI=1S/C26H28F7NO5S/c1-4-24(2,23(35)36)14-39-20-12-21-19(11-18(20)26(31,32)33)34(17-7-5-16(27)6-8-17)13-15(9-10-25(3,29)30)22(28)40(21,37)38/h5-8,11-12,15,22H,4,9-10,13-14H2,1-3H3,(H,35,36)/t15-,22+,24-/m1/s1. The summed E-state index contributed by atoms with van der Waals surface area (Å²) in [7, 11) is -5.07. The van der Waals surface area contributed by atoms with Crippen LogP contribution in [-0.4, -0.2) is 44.1 Å². The second-order valence-corrected chi connectivity index (χ2v) is 12.2. The lowest BCUT2D eigenvalue weighted by molar-refractivity contribution is -0.150. The van der Waals surface area contributed by atoms with Crippen LogP contribution in [0.25, 0.3) is 0 Å². The number of rotatable bonds is 9. The summed E-state index contributed by atoms with van der Waals surface area (Å²) in [5.41, 5.74) is -6.49. The lowest BCUT2D eigenvalue weighted by Gasteiger charge is -2.29. The zero-order valence-electron chi connectivity index (χ0n) is 21.7. The van der Waals surface area contributed by atoms with Crippen molar-refractivity contribution in [3.05, 3.63) is 47.8 Å². The van der Waals surface area contributed by atoms with E-state index in [2.05, 4.69) is 0 Å². The van der Waals surface area contributed by atoms with E-state index in [1.165, 1.54) is 13.8 Å². The Labute approximate surface area is 226 Å². The fourth-order valence-electron chi connectivity index (χ4n) is 4.20. The number of carbonyl (C=O) groups is 1. The van der Waals surface area contributed by atoms with Gasteiger partial charge in [-0.3, -0.25) is 4.79 Å². The van der Waals surface area contributed by atoms with Gasteiger partial charge in [-0.1, -0.05) is 6.92 Å². The number of ether oxygens (including phenoxy) is 1. The number of aliphatic carboxylic acids is 1. The van der Waals surface area contributed by atoms with Crippen molar-refractivity contribution < 1.29 is 53.8 Å². The highest BCUT2D eigenvalue weighted by atomic mass is 32.2. The van der Waals surface area contributed by atoms with E-state index >= 15 is 4.39 Å². The molecule has 1 aliphatic rings. The molecule has 0 saturated carbocycles. The third-order valence-electron chi connectivity index (χ3n) is 6.98. The predicted molar refractivity (Wildman–Crippen MR) is 132 cm³/mol. The number of fused-ring (bicyclic) bond motifs is 1. The Bertz CT molecular complexity index is 1340. The van der Waals surface area contributed by atoms with Crippen LogP contribution in [0.3, 0.4) is 0 Å². The second kappa shape index (κ2) is 11.1. The number of carboxylic acid groups (broad SMARTS) is 1. The van der Waals surface area contributed by atoms with Gasteiger partial charge in [-0.05, 0) is 57.0 Å². The second-order valence-electron chi connectivity index (χ2n) is 10.2. The molecule has 40 heavy (non-hydrogen) atoms. The Morgan fingerprint density at radius 1 is 1.10 bits per heavy atom. The van der Waals surface area contributed by atoms with Crippen LogP contribution >= 0.6 is 0 Å². The minimum absolute atomic E-state index is 0.00793. The number of halogens is 7. The summed E-state index contributed by atoms with van der Waals surface area (Å²) in [4.78, 5) is 11.7. The van der Waals surface area contributed by atoms with E-state index in [4.69, 9.17) is 4.74 Å². The van der Waals surface area contributed by atoms with Crippen LogP contribution in [0.5, 0.6) is 5.75 Å². The average Bonchev–Trinajstić information content (AvgIpc) is 2.93. The molecule has 0 radical (unpaired) electrons. The third-order valence-corrected chi connectivity index (χ3v) is 8.90. The van der Waals surface area contributed by atoms with Crippen molar-refractivity contribution in [3.8, 4) is 5.75 Å². The number of nitrogens with zero attached hydrogens (tertiary/aromatic N) is 1. The molecule has 2 aromatic carbocycles. The molecule has 1 aliphatic heterocycles. The van der Waals surface area contributed by atoms with Gasteiger partial charge in [0.2, 0.25) is 21.3 Å². The van der Waals surface area contributed by atoms with Crippen LogP contribution in [0, 0.1) is 17.2 Å². The van der Waals surface area contributed by atoms with Gasteiger partial charge in [-0.25, -0.2) is 26.0 Å². The van der Waals surface area contributed by atoms with E-state index in [9.17, 15) is 44.7 Å². The topological polar surface area (TPSA) is 83.9 Å². The summed E-state index contributed by atoms with van der Waals surface area (Å²) in [6.45, 7) is 1.89. The molecule has 1 heterocycles. The maximum absolute atomic E-state index is 15.6. The average molecular weight is 600 g/mol. The largest absolute Gasteiger partial charge is 0.492 e. The molecule has 1 N–H and O–H groups in total. The molecular weight excluding hydrogens is 571 g/mol. The molecule has 0 aromatic heterocycles. The Hall–Kier alpha value is -3.03. The van der Waals surface area contributed by atoms with Crippen LogP contribution in [-0.2, 0) is 20.8 Å². The summed E-state index contributed by atoms with van der Waals surface area (Å²) in [6.07, 6.45) is -6.69. The summed E-state index contributed by atoms with van der Waals surface area (Å²) in [5.74, 6) is -7.99. The Kier molecular flexibility index (Phi) is 8.74. The summed E-state index contributed by atoms with van der Waals surface area (Å²) >= 11 is 0. The zero-order valence-corrected chi connectivity index (χ0v) is 22.6. The number of alkyl halides is 6. The number of anilines is 2. The van der Waals surface area contributed by atoms with Gasteiger partial charge >= 0.3 is 12.1 Å². The lowest BCUT2D eigenvalue weighted by Crippen LogP contribution is -2.33. The molecule has 3 rings (SSSR count). The van der Waals surface area contributed by atoms with Crippen molar-refractivity contribution >= 4 is 27.2 Å². The Morgan fingerprint density at radius 2 is 1.70 bits per heavy atom. The number of hydrogen-bond acceptors (Lipinski definition) is 5. The molecular formula is C26H28F7NO5S. The first kappa shape index (κ1) is 31.5. The quantitative estimate of drug-likeness (QED) is 0.313. The van der Waals surface area contributed by atoms with Crippen molar-refractivity contribution in [2.24, 2.45) is 11.3 Å². The normalized spacial score (nSPS) is 20.8. The van der Waals surface area contributed by atoms with E-state index in [1.54, 1.807) is 0 Å². The number of carboxylic acids is 1. The fourth-order valence-corrected chi connectivity index (χ4v) is 5.90. The van der Waals surface area contributed by atoms with Crippen molar-refractivity contribution in [1.29, 1.82) is 0 Å². The van der Waals surface area contributed by atoms with E-state index in [-0.39, 0.29) is 12.1 Å². The highest BCUT2D eigenvalue weighted by Crippen LogP contribution is 2.47. The van der Waals surface area contributed by atoms with E-state index in [0.717, 1.165) is 29.2 Å². The van der Waals surface area contributed by atoms with E-state index < -0.39 is 98.4 Å². The van der Waals surface area contributed by atoms with Crippen molar-refractivity contribution in [1.82, 2.24) is 0 Å². The van der Waals surface area contributed by atoms with Crippen LogP contribution in [0.15, 0.2) is 41.3 Å². The first-order chi connectivity index (χ1) is 18.3. The van der Waals surface area contributed by atoms with Crippen molar-refractivity contribution in [2.45, 2.75) is 62.5 Å².